The number of esters is 1. The largest absolute Gasteiger partial charge is 0.497 e. The molecule has 1 N–H and O–H groups in total. The van der Waals surface area contributed by atoms with Crippen molar-refractivity contribution in [2.24, 2.45) is 0 Å². The maximum atomic E-state index is 13.0. The predicted octanol–water partition coefficient (Wildman–Crippen LogP) is 2.36. The fourth-order valence-corrected chi connectivity index (χ4v) is 3.07. The van der Waals surface area contributed by atoms with Crippen molar-refractivity contribution in [3.05, 3.63) is 23.3 Å². The molecule has 1 fully saturated rings. The first-order valence-corrected chi connectivity index (χ1v) is 8.14. The molecule has 6 nitrogen and oxygen atoms in total. The Balaban J connectivity index is 2.39. The van der Waals surface area contributed by atoms with Crippen LogP contribution in [0.1, 0.15) is 35.7 Å². The van der Waals surface area contributed by atoms with Crippen LogP contribution in [0.2, 0.25) is 0 Å². The molecule has 0 aromatic heterocycles. The molecule has 2 rings (SSSR count). The third-order valence-corrected chi connectivity index (χ3v) is 5.28. The Bertz CT molecular complexity index is 663. The first-order valence-electron chi connectivity index (χ1n) is 8.14. The maximum Gasteiger partial charge on any atom is 0.340 e. The van der Waals surface area contributed by atoms with Gasteiger partial charge in [-0.25, -0.2) is 4.79 Å². The van der Waals surface area contributed by atoms with E-state index in [0.29, 0.717) is 21.5 Å². The second kappa shape index (κ2) is 6.43. The number of nitrogens with zero attached hydrogens (tertiary/aromatic N) is 1. The number of likely N-dealkylation sites (N-methyl/N-ethyl adjacent to an activating group) is 1. The molecule has 0 heterocycles. The van der Waals surface area contributed by atoms with Gasteiger partial charge in [-0.2, -0.15) is 0 Å². The molecule has 0 spiro atoms. The summed E-state index contributed by atoms with van der Waals surface area (Å²) in [6.07, 6.45) is 1.70. The van der Waals surface area contributed by atoms with Gasteiger partial charge >= 0.3 is 5.97 Å². The molecule has 0 aliphatic heterocycles. The van der Waals surface area contributed by atoms with Gasteiger partial charge in [-0.05, 0) is 31.5 Å². The number of ether oxygens (including phenoxy) is 2. The second-order valence-corrected chi connectivity index (χ2v) is 6.85. The molecule has 1 aromatic carbocycles. The van der Waals surface area contributed by atoms with Gasteiger partial charge in [-0.3, -0.25) is 4.79 Å². The highest BCUT2D eigenvalue weighted by molar-refractivity contribution is 6.06. The highest BCUT2D eigenvalue weighted by Gasteiger charge is 2.62. The van der Waals surface area contributed by atoms with Crippen molar-refractivity contribution in [2.75, 3.05) is 40.2 Å². The smallest absolute Gasteiger partial charge is 0.340 e. The van der Waals surface area contributed by atoms with Crippen molar-refractivity contribution in [3.63, 3.8) is 0 Å². The van der Waals surface area contributed by atoms with Crippen LogP contribution < -0.4 is 10.1 Å². The van der Waals surface area contributed by atoms with Crippen LogP contribution in [0.3, 0.4) is 0 Å². The summed E-state index contributed by atoms with van der Waals surface area (Å²) < 4.78 is 10.7. The lowest BCUT2D eigenvalue weighted by Gasteiger charge is -2.36. The summed E-state index contributed by atoms with van der Waals surface area (Å²) in [5.41, 5.74) is 1.14. The Morgan fingerprint density at radius 1 is 1.25 bits per heavy atom. The minimum Gasteiger partial charge on any atom is -0.497 e. The zero-order valence-corrected chi connectivity index (χ0v) is 15.4. The van der Waals surface area contributed by atoms with Crippen LogP contribution in [-0.4, -0.2) is 56.8 Å². The molecule has 1 amide bonds. The lowest BCUT2D eigenvalue weighted by atomic mass is 10.1. The van der Waals surface area contributed by atoms with E-state index in [9.17, 15) is 9.59 Å². The van der Waals surface area contributed by atoms with Crippen molar-refractivity contribution < 1.29 is 23.5 Å². The molecular weight excluding hydrogens is 308 g/mol. The molecule has 6 heteroatoms. The van der Waals surface area contributed by atoms with Crippen LogP contribution in [0.5, 0.6) is 5.75 Å². The van der Waals surface area contributed by atoms with E-state index in [1.807, 2.05) is 6.92 Å². The lowest BCUT2D eigenvalue weighted by Crippen LogP contribution is -2.56. The van der Waals surface area contributed by atoms with Gasteiger partial charge in [0.15, 0.2) is 5.54 Å². The van der Waals surface area contributed by atoms with Crippen molar-refractivity contribution >= 4 is 17.6 Å². The summed E-state index contributed by atoms with van der Waals surface area (Å²) in [5, 5.41) is 2.98. The molecule has 1 saturated carbocycles. The van der Waals surface area contributed by atoms with Crippen LogP contribution in [0, 0.1) is 6.92 Å². The highest BCUT2D eigenvalue weighted by Crippen LogP contribution is 2.46. The first-order chi connectivity index (χ1) is 11.2. The second-order valence-electron chi connectivity index (χ2n) is 6.85. The Labute approximate surface area is 143 Å². The number of amides is 1. The fourth-order valence-electron chi connectivity index (χ4n) is 3.07. The maximum absolute atomic E-state index is 13.0. The quantitative estimate of drug-likeness (QED) is 0.640. The number of anilines is 1. The average molecular weight is 335 g/mol. The number of methoxy groups -OCH3 is 2. The third-order valence-electron chi connectivity index (χ3n) is 5.28. The molecule has 1 aliphatic carbocycles. The lowest BCUT2D eigenvalue weighted by molar-refractivity contribution is -0.914. The number of carbonyl (C=O) groups excluding carboxylic acids is 2. The van der Waals surface area contributed by atoms with Crippen LogP contribution in [0.25, 0.3) is 0 Å². The SMILES string of the molecule is CC[N+](C)(C)C1(C(=O)Nc2c(C)cc(OC)cc2C(=O)OC)CC1. The van der Waals surface area contributed by atoms with E-state index in [1.54, 1.807) is 12.1 Å². The van der Waals surface area contributed by atoms with Gasteiger partial charge in [0.05, 0.1) is 46.1 Å². The molecule has 0 saturated heterocycles. The van der Waals surface area contributed by atoms with Crippen LogP contribution in [-0.2, 0) is 9.53 Å². The van der Waals surface area contributed by atoms with Gasteiger partial charge < -0.3 is 19.3 Å². The predicted molar refractivity (Wildman–Crippen MR) is 92.3 cm³/mol. The van der Waals surface area contributed by atoms with Gasteiger partial charge in [-0.1, -0.05) is 0 Å². The summed E-state index contributed by atoms with van der Waals surface area (Å²) in [5.74, 6) is 0.00543. The molecule has 1 aromatic rings. The third kappa shape index (κ3) is 2.98. The Morgan fingerprint density at radius 2 is 1.88 bits per heavy atom. The summed E-state index contributed by atoms with van der Waals surface area (Å²) >= 11 is 0. The average Bonchev–Trinajstić information content (AvgIpc) is 3.37. The van der Waals surface area contributed by atoms with Crippen LogP contribution in [0.4, 0.5) is 5.69 Å². The number of rotatable bonds is 6. The van der Waals surface area contributed by atoms with E-state index in [0.717, 1.165) is 24.9 Å². The van der Waals surface area contributed by atoms with Crippen molar-refractivity contribution in [2.45, 2.75) is 32.2 Å². The van der Waals surface area contributed by atoms with E-state index >= 15 is 0 Å². The van der Waals surface area contributed by atoms with E-state index in [2.05, 4.69) is 26.3 Å². The van der Waals surface area contributed by atoms with Gasteiger partial charge in [0, 0.05) is 12.8 Å². The normalized spacial score (nSPS) is 15.6. The molecule has 0 atom stereocenters. The van der Waals surface area contributed by atoms with Gasteiger partial charge in [0.25, 0.3) is 5.91 Å². The number of hydrogen-bond donors (Lipinski definition) is 1. The molecule has 0 unspecified atom stereocenters. The van der Waals surface area contributed by atoms with E-state index in [-0.39, 0.29) is 5.91 Å². The fraction of sp³-hybridized carbons (Fsp3) is 0.556. The molecular formula is C18H27N2O4+. The van der Waals surface area contributed by atoms with E-state index < -0.39 is 11.5 Å². The first kappa shape index (κ1) is 18.3. The monoisotopic (exact) mass is 335 g/mol. The zero-order valence-electron chi connectivity index (χ0n) is 15.4. The molecule has 0 radical (unpaired) electrons. The van der Waals surface area contributed by atoms with Gasteiger partial charge in [0.1, 0.15) is 5.75 Å². The number of nitrogens with one attached hydrogen (secondary N) is 1. The minimum absolute atomic E-state index is 0.0484. The number of aryl methyl sites for hydroxylation is 1. The van der Waals surface area contributed by atoms with Gasteiger partial charge in [-0.15, -0.1) is 0 Å². The van der Waals surface area contributed by atoms with Crippen molar-refractivity contribution in [1.29, 1.82) is 0 Å². The Morgan fingerprint density at radius 3 is 2.33 bits per heavy atom. The summed E-state index contributed by atoms with van der Waals surface area (Å²) in [7, 11) is 6.99. The number of hydrogen-bond acceptors (Lipinski definition) is 4. The van der Waals surface area contributed by atoms with Crippen molar-refractivity contribution in [1.82, 2.24) is 0 Å². The molecule has 0 bridgehead atoms. The minimum atomic E-state index is -0.499. The van der Waals surface area contributed by atoms with Crippen LogP contribution >= 0.6 is 0 Å². The number of quaternary nitrogens is 1. The van der Waals surface area contributed by atoms with E-state index in [1.165, 1.54) is 14.2 Å². The number of benzene rings is 1. The zero-order chi connectivity index (χ0) is 18.1. The van der Waals surface area contributed by atoms with Crippen LogP contribution in [0.15, 0.2) is 12.1 Å². The number of carbonyl (C=O) groups is 2. The molecule has 132 valence electrons. The summed E-state index contributed by atoms with van der Waals surface area (Å²) in [4.78, 5) is 25.1. The molecule has 24 heavy (non-hydrogen) atoms. The summed E-state index contributed by atoms with van der Waals surface area (Å²) in [6, 6.07) is 3.38. The Kier molecular flexibility index (Phi) is 4.90. The standard InChI is InChI=1S/C18H26N2O4/c1-7-20(3,4)18(8-9-18)17(22)19-15-12(2)10-13(23-5)11-14(15)16(21)24-6/h10-11H,7-9H2,1-6H3/p+1. The highest BCUT2D eigenvalue weighted by atomic mass is 16.5. The topological polar surface area (TPSA) is 64.6 Å². The summed E-state index contributed by atoms with van der Waals surface area (Å²) in [6.45, 7) is 4.77. The van der Waals surface area contributed by atoms with Crippen molar-refractivity contribution in [3.8, 4) is 5.75 Å². The van der Waals surface area contributed by atoms with Gasteiger partial charge in [0.2, 0.25) is 0 Å². The Hall–Kier alpha value is -2.08. The van der Waals surface area contributed by atoms with E-state index in [4.69, 9.17) is 9.47 Å². The molecule has 1 aliphatic rings.